The Balaban J connectivity index is 0.00000157. The summed E-state index contributed by atoms with van der Waals surface area (Å²) in [6.07, 6.45) is 4.21. The van der Waals surface area contributed by atoms with Crippen molar-refractivity contribution in [2.24, 2.45) is 0 Å². The lowest BCUT2D eigenvalue weighted by molar-refractivity contribution is -0.510. The van der Waals surface area contributed by atoms with Crippen molar-refractivity contribution in [2.45, 2.75) is 0 Å². The molecule has 0 radical (unpaired) electrons. The summed E-state index contributed by atoms with van der Waals surface area (Å²) in [5.41, 5.74) is 4.43. The fourth-order valence-corrected chi connectivity index (χ4v) is 3.17. The van der Waals surface area contributed by atoms with Gasteiger partial charge in [0.25, 0.3) is 5.65 Å². The van der Waals surface area contributed by atoms with E-state index in [2.05, 4.69) is 57.8 Å². The summed E-state index contributed by atoms with van der Waals surface area (Å²) < 4.78 is 15.4. The van der Waals surface area contributed by atoms with Crippen LogP contribution in [0.1, 0.15) is 0 Å². The maximum atomic E-state index is 5.55. The van der Waals surface area contributed by atoms with Crippen molar-refractivity contribution in [1.82, 2.24) is 4.57 Å². The molecule has 0 unspecified atom stereocenters. The first kappa shape index (κ1) is 15.7. The highest BCUT2D eigenvalue weighted by Crippen LogP contribution is 2.35. The van der Waals surface area contributed by atoms with Gasteiger partial charge >= 0.3 is 0 Å². The van der Waals surface area contributed by atoms with E-state index in [1.165, 1.54) is 5.56 Å². The third kappa shape index (κ3) is 2.57. The van der Waals surface area contributed by atoms with Crippen molar-refractivity contribution >= 4 is 5.65 Å². The van der Waals surface area contributed by atoms with Crippen LogP contribution in [0.15, 0.2) is 79.1 Å². The molecule has 0 amide bonds. The molecule has 2 aromatic heterocycles. The van der Waals surface area contributed by atoms with E-state index in [0.29, 0.717) is 0 Å². The Kier molecular flexibility index (Phi) is 3.93. The highest BCUT2D eigenvalue weighted by atomic mass is 79.9. The second-order valence-electron chi connectivity index (χ2n) is 5.72. The number of fused-ring (bicyclic) bond motifs is 2. The summed E-state index contributed by atoms with van der Waals surface area (Å²) in [4.78, 5) is 0. The molecule has 124 valence electrons. The maximum Gasteiger partial charge on any atom is 0.291 e. The minimum Gasteiger partial charge on any atom is -1.00 e. The minimum absolute atomic E-state index is 0. The molecule has 0 saturated heterocycles. The van der Waals surface area contributed by atoms with Crippen LogP contribution in [0.4, 0.5) is 0 Å². The second-order valence-corrected chi connectivity index (χ2v) is 5.72. The van der Waals surface area contributed by atoms with Crippen molar-refractivity contribution < 1.29 is 30.9 Å². The molecule has 0 aliphatic carbocycles. The van der Waals surface area contributed by atoms with Gasteiger partial charge in [0.05, 0.1) is 6.20 Å². The molecule has 1 aliphatic rings. The molecule has 4 nitrogen and oxygen atoms in total. The van der Waals surface area contributed by atoms with E-state index in [0.717, 1.165) is 28.5 Å². The summed E-state index contributed by atoms with van der Waals surface area (Å²) in [6, 6.07) is 22.6. The minimum atomic E-state index is 0. The maximum absolute atomic E-state index is 5.55. The smallest absolute Gasteiger partial charge is 0.291 e. The predicted molar refractivity (Wildman–Crippen MR) is 90.5 cm³/mol. The second kappa shape index (κ2) is 6.26. The topological polar surface area (TPSA) is 27.5 Å². The average molecular weight is 395 g/mol. The zero-order valence-corrected chi connectivity index (χ0v) is 14.9. The molecule has 3 heterocycles. The van der Waals surface area contributed by atoms with Gasteiger partial charge in [-0.25, -0.2) is 4.40 Å². The van der Waals surface area contributed by atoms with Gasteiger partial charge in [-0.2, -0.15) is 4.57 Å². The Labute approximate surface area is 155 Å². The van der Waals surface area contributed by atoms with Crippen molar-refractivity contribution in [3.63, 3.8) is 0 Å². The van der Waals surface area contributed by atoms with Crippen molar-refractivity contribution in [3.05, 3.63) is 79.1 Å². The summed E-state index contributed by atoms with van der Waals surface area (Å²) in [7, 11) is 0. The lowest BCUT2D eigenvalue weighted by atomic mass is 10.1. The fraction of sp³-hybridized carbons (Fsp3) is 0.0500. The summed E-state index contributed by atoms with van der Waals surface area (Å²) in [6.45, 7) is 0.283. The van der Waals surface area contributed by atoms with Gasteiger partial charge in [-0.05, 0) is 18.2 Å². The third-order valence-corrected chi connectivity index (χ3v) is 4.28. The quantitative estimate of drug-likeness (QED) is 0.466. The zero-order chi connectivity index (χ0) is 15.9. The van der Waals surface area contributed by atoms with Gasteiger partial charge < -0.3 is 26.5 Å². The van der Waals surface area contributed by atoms with Crippen molar-refractivity contribution in [1.29, 1.82) is 0 Å². The van der Waals surface area contributed by atoms with Gasteiger partial charge in [-0.1, -0.05) is 36.4 Å². The van der Waals surface area contributed by atoms with Gasteiger partial charge in [0, 0.05) is 17.7 Å². The summed E-state index contributed by atoms with van der Waals surface area (Å²) >= 11 is 0. The van der Waals surface area contributed by atoms with Crippen LogP contribution in [0.25, 0.3) is 22.6 Å². The molecule has 0 spiro atoms. The van der Waals surface area contributed by atoms with Crippen LogP contribution in [0.5, 0.6) is 11.5 Å². The van der Waals surface area contributed by atoms with Crippen molar-refractivity contribution in [2.75, 3.05) is 6.79 Å². The van der Waals surface area contributed by atoms with Crippen molar-refractivity contribution in [3.8, 4) is 28.4 Å². The van der Waals surface area contributed by atoms with Gasteiger partial charge in [0.2, 0.25) is 6.79 Å². The number of halogens is 1. The zero-order valence-electron chi connectivity index (χ0n) is 13.3. The predicted octanol–water partition coefficient (Wildman–Crippen LogP) is 0.616. The Morgan fingerprint density at radius 2 is 1.64 bits per heavy atom. The Morgan fingerprint density at radius 3 is 2.52 bits per heavy atom. The highest BCUT2D eigenvalue weighted by Gasteiger charge is 2.23. The molecule has 0 fully saturated rings. The molecule has 0 atom stereocenters. The monoisotopic (exact) mass is 394 g/mol. The number of aromatic nitrogens is 2. The Bertz CT molecular complexity index is 1040. The fourth-order valence-electron chi connectivity index (χ4n) is 3.17. The molecular weight excluding hydrogens is 380 g/mol. The number of pyridine rings is 1. The molecule has 4 aromatic rings. The lowest BCUT2D eigenvalue weighted by Gasteiger charge is -2.04. The van der Waals surface area contributed by atoms with Crippen LogP contribution in [-0.2, 0) is 0 Å². The van der Waals surface area contributed by atoms with Crippen LogP contribution < -0.4 is 30.9 Å². The van der Waals surface area contributed by atoms with Crippen LogP contribution in [-0.4, -0.2) is 11.4 Å². The van der Waals surface area contributed by atoms with Gasteiger partial charge in [-0.3, -0.25) is 0 Å². The molecule has 25 heavy (non-hydrogen) atoms. The van der Waals surface area contributed by atoms with E-state index in [-0.39, 0.29) is 23.8 Å². The van der Waals surface area contributed by atoms with Gasteiger partial charge in [0.15, 0.2) is 17.2 Å². The number of hydrogen-bond acceptors (Lipinski definition) is 2. The van der Waals surface area contributed by atoms with Crippen LogP contribution in [0.2, 0.25) is 0 Å². The lowest BCUT2D eigenvalue weighted by Crippen LogP contribution is -3.00. The first-order chi connectivity index (χ1) is 11.9. The number of nitrogens with zero attached hydrogens (tertiary/aromatic N) is 2. The molecule has 5 rings (SSSR count). The average Bonchev–Trinajstić information content (AvgIpc) is 3.26. The number of rotatable bonds is 2. The Morgan fingerprint density at radius 1 is 0.840 bits per heavy atom. The first-order valence-electron chi connectivity index (χ1n) is 7.87. The van der Waals surface area contributed by atoms with Crippen LogP contribution in [0, 0.1) is 0 Å². The molecule has 0 saturated carbocycles. The Hall–Kier alpha value is -2.79. The standard InChI is InChI=1S/C20H15N2O2.BrH/c1-2-6-15(7-3-1)17-13-21-11-5-4-8-20(21)22(17)16-9-10-18-19(12-16)24-14-23-18;/h1-13H,14H2;1H/q+1;/p-1. The first-order valence-corrected chi connectivity index (χ1v) is 7.87. The van der Waals surface area contributed by atoms with Gasteiger partial charge in [0.1, 0.15) is 11.9 Å². The number of hydrogen-bond donors (Lipinski definition) is 0. The largest absolute Gasteiger partial charge is 1.00 e. The van der Waals surface area contributed by atoms with Crippen LogP contribution in [0.3, 0.4) is 0 Å². The van der Waals surface area contributed by atoms with E-state index in [1.807, 2.05) is 30.3 Å². The van der Waals surface area contributed by atoms with Gasteiger partial charge in [-0.15, -0.1) is 0 Å². The third-order valence-electron chi connectivity index (χ3n) is 4.28. The van der Waals surface area contributed by atoms with E-state index in [4.69, 9.17) is 9.47 Å². The number of ether oxygens (including phenoxy) is 2. The highest BCUT2D eigenvalue weighted by molar-refractivity contribution is 5.66. The molecular formula is C20H15BrN2O2. The van der Waals surface area contributed by atoms with E-state index >= 15 is 0 Å². The summed E-state index contributed by atoms with van der Waals surface area (Å²) in [5, 5.41) is 0. The SMILES string of the molecule is [Br-].c1ccc(-c2c[n+]3ccccc3n2-c2ccc3c(c2)OCO3)cc1. The normalized spacial score (nSPS) is 12.2. The molecule has 1 aliphatic heterocycles. The van der Waals surface area contributed by atoms with Crippen LogP contribution >= 0.6 is 0 Å². The molecule has 5 heteroatoms. The van der Waals surface area contributed by atoms with E-state index in [1.54, 1.807) is 0 Å². The molecule has 2 aromatic carbocycles. The molecule has 0 bridgehead atoms. The van der Waals surface area contributed by atoms with E-state index in [9.17, 15) is 0 Å². The molecule has 0 N–H and O–H groups in total. The number of imidazole rings is 1. The number of benzene rings is 2. The van der Waals surface area contributed by atoms with E-state index < -0.39 is 0 Å². The summed E-state index contributed by atoms with van der Waals surface area (Å²) in [5.74, 6) is 1.58.